The Bertz CT molecular complexity index is 605. The molecule has 1 unspecified atom stereocenters. The van der Waals surface area contributed by atoms with Crippen LogP contribution in [0.4, 0.5) is 5.82 Å². The van der Waals surface area contributed by atoms with Crippen LogP contribution in [0.1, 0.15) is 43.7 Å². The number of likely N-dealkylation sites (tertiary alicyclic amines) is 1. The fraction of sp³-hybridized carbons (Fsp3) is 0.611. The van der Waals surface area contributed by atoms with Crippen LogP contribution < -0.4 is 10.6 Å². The lowest BCUT2D eigenvalue weighted by atomic mass is 9.94. The van der Waals surface area contributed by atoms with Crippen molar-refractivity contribution in [1.29, 1.82) is 0 Å². The zero-order valence-corrected chi connectivity index (χ0v) is 14.4. The highest BCUT2D eigenvalue weighted by Gasteiger charge is 2.32. The minimum Gasteiger partial charge on any atom is -0.480 e. The Kier molecular flexibility index (Phi) is 5.53. The highest BCUT2D eigenvalue weighted by molar-refractivity contribution is 5.77. The number of carbonyl (C=O) groups excluding carboxylic acids is 1. The number of aromatic nitrogens is 1. The maximum Gasteiger partial charge on any atom is 0.325 e. The smallest absolute Gasteiger partial charge is 0.325 e. The van der Waals surface area contributed by atoms with E-state index in [4.69, 9.17) is 5.73 Å². The molecular formula is C18H26N4O3. The molecule has 2 aliphatic heterocycles. The normalized spacial score (nSPS) is 21.0. The molecule has 7 heteroatoms. The molecule has 0 aliphatic carbocycles. The molecule has 0 radical (unpaired) electrons. The van der Waals surface area contributed by atoms with Gasteiger partial charge in [-0.25, -0.2) is 4.98 Å². The fourth-order valence-electron chi connectivity index (χ4n) is 3.82. The largest absolute Gasteiger partial charge is 0.480 e. The average Bonchev–Trinajstić information content (AvgIpc) is 2.63. The van der Waals surface area contributed by atoms with Crippen LogP contribution in [0, 0.1) is 5.92 Å². The van der Waals surface area contributed by atoms with Gasteiger partial charge < -0.3 is 15.7 Å². The van der Waals surface area contributed by atoms with E-state index in [-0.39, 0.29) is 11.8 Å². The molecule has 2 fully saturated rings. The molecule has 7 nitrogen and oxygen atoms in total. The number of carboxylic acid groups (broad SMARTS) is 1. The molecule has 0 aromatic carbocycles. The van der Waals surface area contributed by atoms with Gasteiger partial charge in [0.25, 0.3) is 0 Å². The Hall–Kier alpha value is -2.15. The van der Waals surface area contributed by atoms with E-state index in [0.717, 1.165) is 18.9 Å². The van der Waals surface area contributed by atoms with E-state index in [1.165, 1.54) is 19.3 Å². The van der Waals surface area contributed by atoms with Crippen LogP contribution in [-0.4, -0.2) is 53.0 Å². The van der Waals surface area contributed by atoms with Crippen LogP contribution in [0.2, 0.25) is 0 Å². The predicted molar refractivity (Wildman–Crippen MR) is 94.2 cm³/mol. The number of piperidine rings is 2. The van der Waals surface area contributed by atoms with Gasteiger partial charge in [0.05, 0.1) is 0 Å². The van der Waals surface area contributed by atoms with Gasteiger partial charge in [0.2, 0.25) is 5.91 Å². The summed E-state index contributed by atoms with van der Waals surface area (Å²) >= 11 is 0. The number of pyridine rings is 1. The zero-order chi connectivity index (χ0) is 17.8. The summed E-state index contributed by atoms with van der Waals surface area (Å²) in [4.78, 5) is 31.8. The highest BCUT2D eigenvalue weighted by Crippen LogP contribution is 2.28. The van der Waals surface area contributed by atoms with Gasteiger partial charge in [-0.05, 0) is 43.7 Å². The maximum absolute atomic E-state index is 11.8. The molecule has 3 heterocycles. The molecular weight excluding hydrogens is 320 g/mol. The summed E-state index contributed by atoms with van der Waals surface area (Å²) in [5, 5.41) is 9.70. The van der Waals surface area contributed by atoms with E-state index in [2.05, 4.69) is 9.88 Å². The first kappa shape index (κ1) is 17.7. The van der Waals surface area contributed by atoms with Crippen molar-refractivity contribution in [3.8, 4) is 0 Å². The number of amides is 1. The second kappa shape index (κ2) is 7.82. The van der Waals surface area contributed by atoms with Crippen LogP contribution in [0.25, 0.3) is 0 Å². The summed E-state index contributed by atoms with van der Waals surface area (Å²) in [6.07, 6.45) is 6.52. The third-order valence-electron chi connectivity index (χ3n) is 5.30. The Morgan fingerprint density at radius 1 is 1.12 bits per heavy atom. The number of carboxylic acids is 1. The lowest BCUT2D eigenvalue weighted by Crippen LogP contribution is -2.42. The molecule has 1 amide bonds. The van der Waals surface area contributed by atoms with Gasteiger partial charge in [0.1, 0.15) is 11.9 Å². The minimum atomic E-state index is -0.884. The number of primary amides is 1. The first-order chi connectivity index (χ1) is 12.1. The van der Waals surface area contributed by atoms with Crippen LogP contribution in [0.5, 0.6) is 0 Å². The summed E-state index contributed by atoms with van der Waals surface area (Å²) in [5.41, 5.74) is 6.04. The number of nitrogens with zero attached hydrogens (tertiary/aromatic N) is 3. The number of hydrogen-bond acceptors (Lipinski definition) is 5. The second-order valence-corrected chi connectivity index (χ2v) is 6.95. The fourth-order valence-corrected chi connectivity index (χ4v) is 3.82. The van der Waals surface area contributed by atoms with Gasteiger partial charge in [-0.3, -0.25) is 14.5 Å². The topological polar surface area (TPSA) is 99.8 Å². The molecule has 1 aromatic heterocycles. The van der Waals surface area contributed by atoms with Gasteiger partial charge >= 0.3 is 5.97 Å². The SMILES string of the molecule is NC(=O)C1CCN(C(C(=O)O)c2ccc(N3CCCCC3)nc2)CC1. The maximum atomic E-state index is 11.8. The third kappa shape index (κ3) is 4.10. The summed E-state index contributed by atoms with van der Waals surface area (Å²) in [6, 6.07) is 3.07. The second-order valence-electron chi connectivity index (χ2n) is 6.95. The Balaban J connectivity index is 1.70. The van der Waals surface area contributed by atoms with Gasteiger partial charge in [-0.1, -0.05) is 6.07 Å². The Morgan fingerprint density at radius 3 is 2.32 bits per heavy atom. The molecule has 2 saturated heterocycles. The lowest BCUT2D eigenvalue weighted by Gasteiger charge is -2.35. The number of anilines is 1. The molecule has 0 spiro atoms. The number of nitrogens with two attached hydrogens (primary N) is 1. The molecule has 136 valence electrons. The van der Waals surface area contributed by atoms with Gasteiger partial charge in [-0.15, -0.1) is 0 Å². The lowest BCUT2D eigenvalue weighted by molar-refractivity contribution is -0.144. The van der Waals surface area contributed by atoms with Crippen LogP contribution in [0.15, 0.2) is 18.3 Å². The van der Waals surface area contributed by atoms with Crippen LogP contribution in [-0.2, 0) is 9.59 Å². The summed E-state index contributed by atoms with van der Waals surface area (Å²) in [7, 11) is 0. The van der Waals surface area contributed by atoms with Gasteiger partial charge in [0, 0.05) is 38.3 Å². The molecule has 0 saturated carbocycles. The molecule has 0 bridgehead atoms. The van der Waals surface area contributed by atoms with Crippen molar-refractivity contribution in [1.82, 2.24) is 9.88 Å². The van der Waals surface area contributed by atoms with E-state index in [1.807, 2.05) is 17.0 Å². The number of hydrogen-bond donors (Lipinski definition) is 2. The van der Waals surface area contributed by atoms with Crippen molar-refractivity contribution in [3.63, 3.8) is 0 Å². The Morgan fingerprint density at radius 2 is 1.80 bits per heavy atom. The van der Waals surface area contributed by atoms with E-state index in [0.29, 0.717) is 31.5 Å². The molecule has 1 aromatic rings. The first-order valence-electron chi connectivity index (χ1n) is 9.03. The van der Waals surface area contributed by atoms with E-state index >= 15 is 0 Å². The molecule has 3 rings (SSSR count). The molecule has 3 N–H and O–H groups in total. The minimum absolute atomic E-state index is 0.148. The number of aliphatic carboxylic acids is 1. The molecule has 1 atom stereocenters. The van der Waals surface area contributed by atoms with Crippen molar-refractivity contribution in [3.05, 3.63) is 23.9 Å². The van der Waals surface area contributed by atoms with Crippen molar-refractivity contribution in [2.75, 3.05) is 31.1 Å². The van der Waals surface area contributed by atoms with Crippen molar-refractivity contribution >= 4 is 17.7 Å². The van der Waals surface area contributed by atoms with Gasteiger partial charge in [0.15, 0.2) is 0 Å². The first-order valence-corrected chi connectivity index (χ1v) is 9.03. The Labute approximate surface area is 147 Å². The van der Waals surface area contributed by atoms with E-state index < -0.39 is 12.0 Å². The number of carbonyl (C=O) groups is 2. The summed E-state index contributed by atoms with van der Waals surface area (Å²) in [6.45, 7) is 3.13. The predicted octanol–water partition coefficient (Wildman–Crippen LogP) is 1.39. The van der Waals surface area contributed by atoms with Crippen molar-refractivity contribution in [2.24, 2.45) is 11.7 Å². The zero-order valence-electron chi connectivity index (χ0n) is 14.4. The summed E-state index contributed by atoms with van der Waals surface area (Å²) < 4.78 is 0. The summed E-state index contributed by atoms with van der Waals surface area (Å²) in [5.74, 6) is -0.408. The van der Waals surface area contributed by atoms with Crippen molar-refractivity contribution < 1.29 is 14.7 Å². The monoisotopic (exact) mass is 346 g/mol. The highest BCUT2D eigenvalue weighted by atomic mass is 16.4. The van der Waals surface area contributed by atoms with Crippen LogP contribution >= 0.6 is 0 Å². The van der Waals surface area contributed by atoms with Crippen LogP contribution in [0.3, 0.4) is 0 Å². The molecule has 2 aliphatic rings. The number of rotatable bonds is 5. The van der Waals surface area contributed by atoms with Gasteiger partial charge in [-0.2, -0.15) is 0 Å². The van der Waals surface area contributed by atoms with Crippen molar-refractivity contribution in [2.45, 2.75) is 38.1 Å². The quantitative estimate of drug-likeness (QED) is 0.836. The molecule has 25 heavy (non-hydrogen) atoms. The van der Waals surface area contributed by atoms with E-state index in [9.17, 15) is 14.7 Å². The third-order valence-corrected chi connectivity index (χ3v) is 5.30. The van der Waals surface area contributed by atoms with E-state index in [1.54, 1.807) is 6.20 Å². The standard InChI is InChI=1S/C18H26N4O3/c19-17(23)13-6-10-22(11-7-13)16(18(24)25)14-4-5-15(20-12-14)21-8-2-1-3-9-21/h4-5,12-13,16H,1-3,6-11H2,(H2,19,23)(H,24,25). The average molecular weight is 346 g/mol.